The molecule has 0 aliphatic carbocycles. The Balaban J connectivity index is 1.73. The molecule has 2 aromatic carbocycles. The van der Waals surface area contributed by atoms with E-state index in [0.29, 0.717) is 35.5 Å². The van der Waals surface area contributed by atoms with E-state index in [-0.39, 0.29) is 11.6 Å². The van der Waals surface area contributed by atoms with Crippen LogP contribution in [0.15, 0.2) is 46.9 Å². The summed E-state index contributed by atoms with van der Waals surface area (Å²) in [6.07, 6.45) is 0.643. The largest absolute Gasteiger partial charge is 0.491 e. The number of hydrogen-bond acceptors (Lipinski definition) is 3. The molecule has 0 saturated carbocycles. The highest BCUT2D eigenvalue weighted by atomic mass is 79.9. The molecule has 106 valence electrons. The summed E-state index contributed by atoms with van der Waals surface area (Å²) in [6, 6.07) is 12.0. The zero-order valence-corrected chi connectivity index (χ0v) is 12.4. The summed E-state index contributed by atoms with van der Waals surface area (Å²) < 4.78 is 25.0. The van der Waals surface area contributed by atoms with Crippen molar-refractivity contribution in [3.63, 3.8) is 0 Å². The zero-order valence-electron chi connectivity index (χ0n) is 10.8. The van der Waals surface area contributed by atoms with Crippen LogP contribution in [0, 0.1) is 5.82 Å². The number of anilines is 1. The molecule has 2 rings (SSSR count). The Morgan fingerprint density at radius 1 is 1.00 bits per heavy atom. The molecule has 0 atom stereocenters. The number of hydrogen-bond donors (Lipinski definition) is 1. The van der Waals surface area contributed by atoms with Crippen LogP contribution in [0.5, 0.6) is 11.5 Å². The number of para-hydroxylation sites is 2. The van der Waals surface area contributed by atoms with Gasteiger partial charge in [-0.15, -0.1) is 0 Å². The summed E-state index contributed by atoms with van der Waals surface area (Å²) in [6.45, 7) is 0.845. The smallest absolute Gasteiger partial charge is 0.166 e. The maximum absolute atomic E-state index is 13.5. The van der Waals surface area contributed by atoms with E-state index in [1.54, 1.807) is 18.2 Å². The molecule has 0 radical (unpaired) electrons. The minimum absolute atomic E-state index is 0.243. The molecule has 0 unspecified atom stereocenters. The summed E-state index contributed by atoms with van der Waals surface area (Å²) >= 11 is 3.19. The lowest BCUT2D eigenvalue weighted by molar-refractivity contribution is 0.242. The minimum Gasteiger partial charge on any atom is -0.491 e. The van der Waals surface area contributed by atoms with E-state index in [9.17, 15) is 4.39 Å². The molecule has 0 fully saturated rings. The van der Waals surface area contributed by atoms with Crippen LogP contribution in [-0.2, 0) is 0 Å². The van der Waals surface area contributed by atoms with Crippen molar-refractivity contribution in [1.29, 1.82) is 0 Å². The van der Waals surface area contributed by atoms with Crippen molar-refractivity contribution in [3.8, 4) is 11.5 Å². The molecule has 0 aromatic heterocycles. The summed E-state index contributed by atoms with van der Waals surface area (Å²) in [5.41, 5.74) is 6.35. The molecule has 0 bridgehead atoms. The lowest BCUT2D eigenvalue weighted by Gasteiger charge is -2.10. The van der Waals surface area contributed by atoms with Gasteiger partial charge in [0, 0.05) is 10.9 Å². The van der Waals surface area contributed by atoms with Gasteiger partial charge in [-0.2, -0.15) is 0 Å². The van der Waals surface area contributed by atoms with E-state index in [1.165, 1.54) is 6.07 Å². The highest BCUT2D eigenvalue weighted by Gasteiger charge is 2.04. The van der Waals surface area contributed by atoms with Crippen molar-refractivity contribution in [3.05, 3.63) is 52.8 Å². The zero-order chi connectivity index (χ0) is 14.4. The van der Waals surface area contributed by atoms with Gasteiger partial charge in [-0.25, -0.2) is 4.39 Å². The standard InChI is InChI=1S/C15H15BrFNO2/c16-11-6-7-14(12(17)10-11)19-8-3-9-20-15-5-2-1-4-13(15)18/h1-2,4-7,10H,3,8-9,18H2. The molecule has 20 heavy (non-hydrogen) atoms. The molecule has 2 N–H and O–H groups in total. The van der Waals surface area contributed by atoms with E-state index >= 15 is 0 Å². The highest BCUT2D eigenvalue weighted by Crippen LogP contribution is 2.22. The van der Waals surface area contributed by atoms with Crippen molar-refractivity contribution in [1.82, 2.24) is 0 Å². The fourth-order valence-electron chi connectivity index (χ4n) is 1.63. The first kappa shape index (κ1) is 14.7. The monoisotopic (exact) mass is 339 g/mol. The Labute approximate surface area is 125 Å². The molecule has 0 spiro atoms. The first-order valence-electron chi connectivity index (χ1n) is 6.22. The predicted octanol–water partition coefficient (Wildman–Crippen LogP) is 4.02. The van der Waals surface area contributed by atoms with Crippen LogP contribution in [-0.4, -0.2) is 13.2 Å². The average Bonchev–Trinajstić information content (AvgIpc) is 2.42. The molecule has 0 heterocycles. The maximum atomic E-state index is 13.5. The van der Waals surface area contributed by atoms with Gasteiger partial charge in [0.15, 0.2) is 11.6 Å². The Morgan fingerprint density at radius 2 is 1.70 bits per heavy atom. The van der Waals surface area contributed by atoms with E-state index in [0.717, 1.165) is 0 Å². The summed E-state index contributed by atoms with van der Waals surface area (Å²) in [4.78, 5) is 0. The molecule has 0 aliphatic heterocycles. The van der Waals surface area contributed by atoms with Gasteiger partial charge in [0.1, 0.15) is 5.75 Å². The van der Waals surface area contributed by atoms with Gasteiger partial charge in [-0.3, -0.25) is 0 Å². The van der Waals surface area contributed by atoms with Crippen LogP contribution in [0.1, 0.15) is 6.42 Å². The minimum atomic E-state index is -0.382. The van der Waals surface area contributed by atoms with Gasteiger partial charge in [0.25, 0.3) is 0 Å². The van der Waals surface area contributed by atoms with Gasteiger partial charge in [0.05, 0.1) is 18.9 Å². The Bertz CT molecular complexity index is 578. The van der Waals surface area contributed by atoms with Crippen LogP contribution < -0.4 is 15.2 Å². The van der Waals surface area contributed by atoms with Crippen molar-refractivity contribution >= 4 is 21.6 Å². The number of halogens is 2. The fraction of sp³-hybridized carbons (Fsp3) is 0.200. The third-order valence-corrected chi connectivity index (χ3v) is 3.11. The SMILES string of the molecule is Nc1ccccc1OCCCOc1ccc(Br)cc1F. The second kappa shape index (κ2) is 7.14. The summed E-state index contributed by atoms with van der Waals surface area (Å²) in [5, 5.41) is 0. The third-order valence-electron chi connectivity index (χ3n) is 2.62. The number of benzene rings is 2. The predicted molar refractivity (Wildman–Crippen MR) is 80.6 cm³/mol. The van der Waals surface area contributed by atoms with Crippen LogP contribution in [0.25, 0.3) is 0 Å². The molecular weight excluding hydrogens is 325 g/mol. The van der Waals surface area contributed by atoms with E-state index in [1.807, 2.05) is 18.2 Å². The summed E-state index contributed by atoms with van der Waals surface area (Å²) in [7, 11) is 0. The van der Waals surface area contributed by atoms with Crippen LogP contribution >= 0.6 is 15.9 Å². The molecule has 2 aromatic rings. The first-order chi connectivity index (χ1) is 9.66. The Morgan fingerprint density at radius 3 is 2.40 bits per heavy atom. The van der Waals surface area contributed by atoms with Crippen molar-refractivity contribution in [2.24, 2.45) is 0 Å². The van der Waals surface area contributed by atoms with Gasteiger partial charge in [0.2, 0.25) is 0 Å². The van der Waals surface area contributed by atoms with Crippen molar-refractivity contribution in [2.45, 2.75) is 6.42 Å². The lowest BCUT2D eigenvalue weighted by Crippen LogP contribution is -2.06. The molecule has 0 aliphatic rings. The Hall–Kier alpha value is -1.75. The van der Waals surface area contributed by atoms with Gasteiger partial charge in [-0.05, 0) is 30.3 Å². The topological polar surface area (TPSA) is 44.5 Å². The van der Waals surface area contributed by atoms with E-state index in [2.05, 4.69) is 15.9 Å². The Kier molecular flexibility index (Phi) is 5.24. The van der Waals surface area contributed by atoms with Crippen LogP contribution in [0.3, 0.4) is 0 Å². The third kappa shape index (κ3) is 4.13. The maximum Gasteiger partial charge on any atom is 0.166 e. The molecule has 0 amide bonds. The fourth-order valence-corrected chi connectivity index (χ4v) is 1.96. The molecule has 5 heteroatoms. The average molecular weight is 340 g/mol. The number of rotatable bonds is 6. The van der Waals surface area contributed by atoms with Gasteiger partial charge < -0.3 is 15.2 Å². The molecular formula is C15H15BrFNO2. The van der Waals surface area contributed by atoms with Crippen LogP contribution in [0.2, 0.25) is 0 Å². The van der Waals surface area contributed by atoms with Crippen molar-refractivity contribution in [2.75, 3.05) is 18.9 Å². The van der Waals surface area contributed by atoms with Crippen LogP contribution in [0.4, 0.5) is 10.1 Å². The van der Waals surface area contributed by atoms with Crippen molar-refractivity contribution < 1.29 is 13.9 Å². The lowest BCUT2D eigenvalue weighted by atomic mass is 10.3. The molecule has 3 nitrogen and oxygen atoms in total. The molecule has 0 saturated heterocycles. The van der Waals surface area contributed by atoms with Gasteiger partial charge >= 0.3 is 0 Å². The second-order valence-electron chi connectivity index (χ2n) is 4.16. The number of nitrogens with two attached hydrogens (primary N) is 1. The van der Waals surface area contributed by atoms with E-state index < -0.39 is 0 Å². The second-order valence-corrected chi connectivity index (χ2v) is 5.08. The highest BCUT2D eigenvalue weighted by molar-refractivity contribution is 9.10. The first-order valence-corrected chi connectivity index (χ1v) is 7.01. The summed E-state index contributed by atoms with van der Waals surface area (Å²) in [5.74, 6) is 0.516. The van der Waals surface area contributed by atoms with E-state index in [4.69, 9.17) is 15.2 Å². The quantitative estimate of drug-likeness (QED) is 0.638. The van der Waals surface area contributed by atoms with Gasteiger partial charge in [-0.1, -0.05) is 28.1 Å². The number of nitrogen functional groups attached to an aromatic ring is 1. The normalized spacial score (nSPS) is 10.3. The number of ether oxygens (including phenoxy) is 2.